The Morgan fingerprint density at radius 1 is 1.24 bits per heavy atom. The Bertz CT molecular complexity index is 504. The van der Waals surface area contributed by atoms with Gasteiger partial charge in [0.1, 0.15) is 5.75 Å². The number of methoxy groups -OCH3 is 1. The number of hydrogen-bond donors (Lipinski definition) is 1. The third kappa shape index (κ3) is 3.07. The largest absolute Gasteiger partial charge is 0.496 e. The molecular formula is C17H26N2O2. The summed E-state index contributed by atoms with van der Waals surface area (Å²) in [5, 5.41) is 9.48. The lowest BCUT2D eigenvalue weighted by Crippen LogP contribution is -2.52. The summed E-state index contributed by atoms with van der Waals surface area (Å²) in [6.45, 7) is 4.13. The van der Waals surface area contributed by atoms with E-state index < -0.39 is 0 Å². The van der Waals surface area contributed by atoms with Crippen molar-refractivity contribution in [2.75, 3.05) is 40.4 Å². The lowest BCUT2D eigenvalue weighted by Gasteiger charge is -2.38. The third-order valence-corrected chi connectivity index (χ3v) is 4.96. The summed E-state index contributed by atoms with van der Waals surface area (Å²) in [4.78, 5) is 4.68. The number of benzene rings is 1. The van der Waals surface area contributed by atoms with Crippen molar-refractivity contribution in [1.29, 1.82) is 0 Å². The first kappa shape index (κ1) is 14.8. The molecule has 4 nitrogen and oxygen atoms in total. The number of hydrogen-bond acceptors (Lipinski definition) is 4. The number of fused-ring (bicyclic) bond motifs is 1. The van der Waals surface area contributed by atoms with E-state index in [-0.39, 0.29) is 12.6 Å². The Balaban J connectivity index is 1.75. The van der Waals surface area contributed by atoms with Crippen LogP contribution in [0.3, 0.4) is 0 Å². The zero-order valence-corrected chi connectivity index (χ0v) is 13.1. The molecule has 1 saturated heterocycles. The maximum Gasteiger partial charge on any atom is 0.123 e. The fourth-order valence-corrected chi connectivity index (χ4v) is 3.56. The van der Waals surface area contributed by atoms with Crippen LogP contribution in [0.5, 0.6) is 5.75 Å². The molecule has 2 aliphatic rings. The lowest BCUT2D eigenvalue weighted by molar-refractivity contribution is 0.0536. The van der Waals surface area contributed by atoms with Gasteiger partial charge >= 0.3 is 0 Å². The van der Waals surface area contributed by atoms with Gasteiger partial charge in [-0.2, -0.15) is 0 Å². The minimum Gasteiger partial charge on any atom is -0.496 e. The van der Waals surface area contributed by atoms with E-state index in [0.717, 1.165) is 31.9 Å². The van der Waals surface area contributed by atoms with Crippen LogP contribution in [0.2, 0.25) is 0 Å². The van der Waals surface area contributed by atoms with Gasteiger partial charge in [0.2, 0.25) is 0 Å². The molecule has 3 rings (SSSR count). The van der Waals surface area contributed by atoms with E-state index in [0.29, 0.717) is 0 Å². The van der Waals surface area contributed by atoms with Crippen molar-refractivity contribution in [2.24, 2.45) is 0 Å². The molecule has 1 aromatic rings. The number of rotatable bonds is 4. The normalized spacial score (nSPS) is 23.3. The summed E-state index contributed by atoms with van der Waals surface area (Å²) in [5.74, 6) is 1.02. The number of ether oxygens (including phenoxy) is 1. The smallest absolute Gasteiger partial charge is 0.123 e. The summed E-state index contributed by atoms with van der Waals surface area (Å²) < 4.78 is 5.60. The fraction of sp³-hybridized carbons (Fsp3) is 0.647. The quantitative estimate of drug-likeness (QED) is 0.906. The van der Waals surface area contributed by atoms with Gasteiger partial charge in [0, 0.05) is 37.8 Å². The Hall–Kier alpha value is -1.10. The highest BCUT2D eigenvalue weighted by atomic mass is 16.5. The molecule has 0 unspecified atom stereocenters. The molecule has 1 aliphatic carbocycles. The summed E-state index contributed by atoms with van der Waals surface area (Å²) in [7, 11) is 3.86. The molecule has 0 bridgehead atoms. The Morgan fingerprint density at radius 3 is 2.71 bits per heavy atom. The van der Waals surface area contributed by atoms with Crippen molar-refractivity contribution < 1.29 is 9.84 Å². The van der Waals surface area contributed by atoms with Gasteiger partial charge in [0.15, 0.2) is 0 Å². The minimum atomic E-state index is 0.230. The minimum absolute atomic E-state index is 0.230. The SMILES string of the molecule is COc1cc2c(cc1CN1CCN(C)[C@H](CO)C1)CCC2. The van der Waals surface area contributed by atoms with Gasteiger partial charge in [0.25, 0.3) is 0 Å². The molecule has 0 spiro atoms. The van der Waals surface area contributed by atoms with Crippen LogP contribution in [0, 0.1) is 0 Å². The summed E-state index contributed by atoms with van der Waals surface area (Å²) in [6.07, 6.45) is 3.66. The van der Waals surface area contributed by atoms with Crippen molar-refractivity contribution in [3.05, 3.63) is 28.8 Å². The monoisotopic (exact) mass is 290 g/mol. The van der Waals surface area contributed by atoms with Crippen LogP contribution in [0.1, 0.15) is 23.1 Å². The summed E-state index contributed by atoms with van der Waals surface area (Å²) in [5.41, 5.74) is 4.25. The van der Waals surface area contributed by atoms with Crippen LogP contribution < -0.4 is 4.74 Å². The predicted octanol–water partition coefficient (Wildman–Crippen LogP) is 1.29. The molecule has 1 heterocycles. The highest BCUT2D eigenvalue weighted by molar-refractivity contribution is 5.44. The van der Waals surface area contributed by atoms with E-state index >= 15 is 0 Å². The first-order chi connectivity index (χ1) is 10.2. The second-order valence-electron chi connectivity index (χ2n) is 6.34. The average Bonchev–Trinajstić information content (AvgIpc) is 2.95. The van der Waals surface area contributed by atoms with E-state index in [1.54, 1.807) is 7.11 Å². The predicted molar refractivity (Wildman–Crippen MR) is 83.8 cm³/mol. The topological polar surface area (TPSA) is 35.9 Å². The molecule has 1 N–H and O–H groups in total. The molecule has 21 heavy (non-hydrogen) atoms. The van der Waals surface area contributed by atoms with E-state index in [9.17, 15) is 5.11 Å². The molecule has 1 fully saturated rings. The molecule has 0 amide bonds. The van der Waals surface area contributed by atoms with Crippen molar-refractivity contribution in [2.45, 2.75) is 31.8 Å². The number of aryl methyl sites for hydroxylation is 2. The number of aliphatic hydroxyl groups is 1. The van der Waals surface area contributed by atoms with Crippen LogP contribution in [-0.2, 0) is 19.4 Å². The first-order valence-electron chi connectivity index (χ1n) is 7.93. The maximum absolute atomic E-state index is 9.48. The second-order valence-corrected chi connectivity index (χ2v) is 6.34. The molecule has 1 aliphatic heterocycles. The molecule has 1 aromatic carbocycles. The van der Waals surface area contributed by atoms with Gasteiger partial charge in [0.05, 0.1) is 13.7 Å². The van der Waals surface area contributed by atoms with Crippen molar-refractivity contribution in [1.82, 2.24) is 9.80 Å². The number of piperazine rings is 1. The van der Waals surface area contributed by atoms with Crippen molar-refractivity contribution >= 4 is 0 Å². The molecule has 116 valence electrons. The Morgan fingerprint density at radius 2 is 2.00 bits per heavy atom. The van der Waals surface area contributed by atoms with Crippen LogP contribution >= 0.6 is 0 Å². The van der Waals surface area contributed by atoms with E-state index in [2.05, 4.69) is 29.0 Å². The average molecular weight is 290 g/mol. The van der Waals surface area contributed by atoms with E-state index in [1.165, 1.54) is 36.0 Å². The highest BCUT2D eigenvalue weighted by Crippen LogP contribution is 2.31. The van der Waals surface area contributed by atoms with Gasteiger partial charge in [-0.1, -0.05) is 6.07 Å². The summed E-state index contributed by atoms with van der Waals surface area (Å²) >= 11 is 0. The first-order valence-corrected chi connectivity index (χ1v) is 7.93. The van der Waals surface area contributed by atoms with Gasteiger partial charge in [-0.15, -0.1) is 0 Å². The van der Waals surface area contributed by atoms with E-state index in [1.807, 2.05) is 0 Å². The fourth-order valence-electron chi connectivity index (χ4n) is 3.56. The Labute approximate surface area is 127 Å². The van der Waals surface area contributed by atoms with Gasteiger partial charge < -0.3 is 9.84 Å². The summed E-state index contributed by atoms with van der Waals surface area (Å²) in [6, 6.07) is 4.82. The Kier molecular flexibility index (Phi) is 4.48. The molecule has 0 saturated carbocycles. The number of aliphatic hydroxyl groups excluding tert-OH is 1. The number of likely N-dealkylation sites (N-methyl/N-ethyl adjacent to an activating group) is 1. The lowest BCUT2D eigenvalue weighted by atomic mass is 10.0. The maximum atomic E-state index is 9.48. The number of nitrogens with zero attached hydrogens (tertiary/aromatic N) is 2. The second kappa shape index (κ2) is 6.34. The van der Waals surface area contributed by atoms with E-state index in [4.69, 9.17) is 4.74 Å². The van der Waals surface area contributed by atoms with Crippen molar-refractivity contribution in [3.8, 4) is 5.75 Å². The molecule has 1 atom stereocenters. The molecular weight excluding hydrogens is 264 g/mol. The zero-order chi connectivity index (χ0) is 14.8. The van der Waals surface area contributed by atoms with Crippen LogP contribution in [0.4, 0.5) is 0 Å². The van der Waals surface area contributed by atoms with Crippen LogP contribution in [0.25, 0.3) is 0 Å². The molecule has 4 heteroatoms. The standard InChI is InChI=1S/C17H26N2O2/c1-18-6-7-19(11-16(18)12-20)10-15-8-13-4-3-5-14(13)9-17(15)21-2/h8-9,16,20H,3-7,10-12H2,1-2H3/t16-/m0/s1. The zero-order valence-electron chi connectivity index (χ0n) is 13.1. The van der Waals surface area contributed by atoms with Gasteiger partial charge in [-0.25, -0.2) is 0 Å². The van der Waals surface area contributed by atoms with Gasteiger partial charge in [-0.3, -0.25) is 9.80 Å². The van der Waals surface area contributed by atoms with Gasteiger partial charge in [-0.05, 0) is 43.5 Å². The highest BCUT2D eigenvalue weighted by Gasteiger charge is 2.25. The van der Waals surface area contributed by atoms with Crippen molar-refractivity contribution in [3.63, 3.8) is 0 Å². The molecule has 0 radical (unpaired) electrons. The van der Waals surface area contributed by atoms with Crippen LogP contribution in [0.15, 0.2) is 12.1 Å². The third-order valence-electron chi connectivity index (χ3n) is 4.96. The van der Waals surface area contributed by atoms with Crippen LogP contribution in [-0.4, -0.2) is 61.3 Å². The molecule has 0 aromatic heterocycles.